The Balaban J connectivity index is 0.000000183. The van der Waals surface area contributed by atoms with Gasteiger partial charge in [-0.25, -0.2) is 0 Å². The smallest absolute Gasteiger partial charge is 0.233 e. The Morgan fingerprint density at radius 2 is 0.757 bits per heavy atom. The molecule has 0 aliphatic rings. The summed E-state index contributed by atoms with van der Waals surface area (Å²) in [5.41, 5.74) is 38.5. The van der Waals surface area contributed by atoms with E-state index in [2.05, 4.69) is 91.7 Å². The zero-order chi connectivity index (χ0) is 53.6. The number of aryl methyl sites for hydroxylation is 1. The van der Waals surface area contributed by atoms with Crippen molar-refractivity contribution in [3.8, 4) is 0 Å². The van der Waals surface area contributed by atoms with Gasteiger partial charge in [0.25, 0.3) is 0 Å². The summed E-state index contributed by atoms with van der Waals surface area (Å²) < 4.78 is 0. The summed E-state index contributed by atoms with van der Waals surface area (Å²) in [6.07, 6.45) is 0.822. The van der Waals surface area contributed by atoms with Gasteiger partial charge in [0.05, 0.1) is 0 Å². The van der Waals surface area contributed by atoms with E-state index in [0.717, 1.165) is 33.8 Å². The quantitative estimate of drug-likeness (QED) is 0.0445. The van der Waals surface area contributed by atoms with E-state index in [0.29, 0.717) is 65.4 Å². The molecule has 74 heavy (non-hydrogen) atoms. The average molecular weight is 1070 g/mol. The first-order valence-corrected chi connectivity index (χ1v) is 23.8. The number of halogens is 3. The lowest BCUT2D eigenvalue weighted by atomic mass is 10.1. The number of nitrogen functional groups attached to an aromatic ring is 6. The van der Waals surface area contributed by atoms with E-state index in [-0.39, 0.29) is 47.8 Å². The Labute approximate surface area is 443 Å². The lowest BCUT2D eigenvalue weighted by Crippen LogP contribution is -2.15. The van der Waals surface area contributed by atoms with Gasteiger partial charge in [-0.15, -0.1) is 0 Å². The molecule has 0 aliphatic carbocycles. The summed E-state index contributed by atoms with van der Waals surface area (Å²) in [4.78, 5) is 47.7. The normalized spacial score (nSPS) is 10.4. The number of nitrogens with zero attached hydrogens (tertiary/aromatic N) is 12. The van der Waals surface area contributed by atoms with Gasteiger partial charge in [0, 0.05) is 52.5 Å². The SMILES string of the molecule is CC(C)Nc1nc(N)nc(NCc2ccc(Cl)cc2)n1.Cc1cccc(Nc2nc(N)nc(NC(C)C)n2)c1.Nc1nc(N)nc(NCCc2ccc(Cl)cc2)n1.Nc1nc(N)nc(NCc2ccc(Cl)cc2)n1. The van der Waals surface area contributed by atoms with E-state index < -0.39 is 0 Å². The lowest BCUT2D eigenvalue weighted by Gasteiger charge is -2.10. The Kier molecular flexibility index (Phi) is 21.6. The predicted octanol–water partition coefficient (Wildman–Crippen LogP) is 7.51. The molecule has 0 bridgehead atoms. The van der Waals surface area contributed by atoms with Crippen LogP contribution in [0.3, 0.4) is 0 Å². The molecule has 0 spiro atoms. The highest BCUT2D eigenvalue weighted by atomic mass is 35.5. The summed E-state index contributed by atoms with van der Waals surface area (Å²) in [6.45, 7) is 11.9. The van der Waals surface area contributed by atoms with Gasteiger partial charge in [0.15, 0.2) is 0 Å². The maximum absolute atomic E-state index is 5.84. The summed E-state index contributed by atoms with van der Waals surface area (Å²) >= 11 is 17.4. The van der Waals surface area contributed by atoms with E-state index in [1.54, 1.807) is 0 Å². The minimum absolute atomic E-state index is 0.0936. The van der Waals surface area contributed by atoms with Crippen LogP contribution in [0.15, 0.2) is 97.1 Å². The van der Waals surface area contributed by atoms with Crippen molar-refractivity contribution in [2.45, 2.75) is 66.2 Å². The Bertz CT molecular complexity index is 2950. The number of hydrogen-bond acceptors (Lipinski definition) is 24. The van der Waals surface area contributed by atoms with Gasteiger partial charge in [-0.2, -0.15) is 59.8 Å². The maximum atomic E-state index is 5.84. The second kappa shape index (κ2) is 28.4. The largest absolute Gasteiger partial charge is 0.368 e. The van der Waals surface area contributed by atoms with Crippen molar-refractivity contribution >= 4 is 112 Å². The average Bonchev–Trinajstić information content (AvgIpc) is 3.31. The molecular weight excluding hydrogens is 1010 g/mol. The zero-order valence-corrected chi connectivity index (χ0v) is 43.5. The second-order valence-corrected chi connectivity index (χ2v) is 17.6. The van der Waals surface area contributed by atoms with Crippen LogP contribution in [0.1, 0.15) is 49.9 Å². The number of rotatable bonds is 16. The van der Waals surface area contributed by atoms with Crippen LogP contribution in [-0.4, -0.2) is 78.4 Å². The van der Waals surface area contributed by atoms with Crippen molar-refractivity contribution in [1.29, 1.82) is 0 Å². The first-order chi connectivity index (χ1) is 35.3. The highest BCUT2D eigenvalue weighted by Crippen LogP contribution is 2.18. The van der Waals surface area contributed by atoms with Crippen molar-refractivity contribution < 1.29 is 0 Å². The molecule has 4 heterocycles. The van der Waals surface area contributed by atoms with Gasteiger partial charge in [-0.3, -0.25) is 0 Å². The van der Waals surface area contributed by atoms with E-state index in [1.165, 1.54) is 5.56 Å². The molecule has 0 aliphatic heterocycles. The van der Waals surface area contributed by atoms with E-state index in [4.69, 9.17) is 69.2 Å². The molecule has 0 saturated carbocycles. The van der Waals surface area contributed by atoms with Crippen LogP contribution >= 0.6 is 34.8 Å². The van der Waals surface area contributed by atoms with Crippen molar-refractivity contribution in [2.24, 2.45) is 0 Å². The molecule has 0 fully saturated rings. The highest BCUT2D eigenvalue weighted by molar-refractivity contribution is 6.31. The monoisotopic (exact) mass is 1060 g/mol. The third kappa shape index (κ3) is 21.4. The Morgan fingerprint density at radius 3 is 1.18 bits per heavy atom. The van der Waals surface area contributed by atoms with Crippen LogP contribution in [0, 0.1) is 6.92 Å². The van der Waals surface area contributed by atoms with Crippen molar-refractivity contribution in [3.05, 3.63) is 134 Å². The fourth-order valence-electron chi connectivity index (χ4n) is 5.93. The standard InChI is InChI=1S/C13H17ClN6.C13H18N6.C11H13ClN6.C10H11ClN6/c1-8(2)17-13-19-11(15)18-12(20-13)16-7-9-3-5-10(14)6-4-9;1-8(2)15-12-17-11(14)18-13(19-12)16-10-6-4-5-9(3)7-10;12-8-3-1-7(2-4-8)5-6-15-11-17-9(13)16-10(14)18-11;11-7-3-1-6(2-4-7)5-14-10-16-8(12)15-9(13)17-10/h3-6,8H,7H2,1-2H3,(H4,15,16,17,18,19,20);4-8H,1-3H3,(H4,14,15,16,17,18,19);1-4H,5-6H2,(H5,13,14,15,16,17,18);1-4H,5H2,(H5,12,13,14,15,16,17). The molecule has 0 radical (unpaired) electrons. The predicted molar refractivity (Wildman–Crippen MR) is 299 cm³/mol. The molecule has 0 atom stereocenters. The molecule has 388 valence electrons. The molecule has 24 nitrogen and oxygen atoms in total. The van der Waals surface area contributed by atoms with Crippen molar-refractivity contribution in [2.75, 3.05) is 72.8 Å². The Hall–Kier alpha value is -8.61. The molecule has 8 aromatic rings. The first-order valence-electron chi connectivity index (χ1n) is 22.7. The topological polar surface area (TPSA) is 383 Å². The van der Waals surface area contributed by atoms with Gasteiger partial charge in [0.2, 0.25) is 71.4 Å². The highest BCUT2D eigenvalue weighted by Gasteiger charge is 2.08. The van der Waals surface area contributed by atoms with E-state index in [9.17, 15) is 0 Å². The fraction of sp³-hybridized carbons (Fsp3) is 0.234. The van der Waals surface area contributed by atoms with Crippen LogP contribution in [0.2, 0.25) is 15.1 Å². The third-order valence-corrected chi connectivity index (χ3v) is 9.85. The summed E-state index contributed by atoms with van der Waals surface area (Å²) in [7, 11) is 0. The maximum Gasteiger partial charge on any atom is 0.233 e. The molecule has 0 unspecified atom stereocenters. The third-order valence-electron chi connectivity index (χ3n) is 9.09. The zero-order valence-electron chi connectivity index (χ0n) is 41.2. The number of anilines is 13. The van der Waals surface area contributed by atoms with Gasteiger partial charge in [-0.1, -0.05) is 83.3 Å². The minimum Gasteiger partial charge on any atom is -0.368 e. The molecule has 27 heteroatoms. The van der Waals surface area contributed by atoms with Gasteiger partial charge in [0.1, 0.15) is 0 Å². The molecule has 8 rings (SSSR count). The fourth-order valence-corrected chi connectivity index (χ4v) is 6.31. The van der Waals surface area contributed by atoms with Crippen LogP contribution in [0.5, 0.6) is 0 Å². The first kappa shape index (κ1) is 56.3. The number of nitrogens with two attached hydrogens (primary N) is 6. The summed E-state index contributed by atoms with van der Waals surface area (Å²) in [5.74, 6) is 3.31. The molecule has 18 N–H and O–H groups in total. The molecular formula is C47H59Cl3N24. The number of aromatic nitrogens is 12. The van der Waals surface area contributed by atoms with Crippen LogP contribution in [0.4, 0.5) is 77.1 Å². The van der Waals surface area contributed by atoms with E-state index in [1.807, 2.05) is 132 Å². The second-order valence-electron chi connectivity index (χ2n) is 16.3. The van der Waals surface area contributed by atoms with Gasteiger partial charge in [-0.05, 0) is 112 Å². The minimum atomic E-state index is 0.0936. The van der Waals surface area contributed by atoms with Gasteiger partial charge < -0.3 is 66.3 Å². The van der Waals surface area contributed by atoms with Crippen molar-refractivity contribution in [1.82, 2.24) is 59.8 Å². The van der Waals surface area contributed by atoms with Gasteiger partial charge >= 0.3 is 0 Å². The summed E-state index contributed by atoms with van der Waals surface area (Å²) in [6, 6.07) is 31.1. The lowest BCUT2D eigenvalue weighted by molar-refractivity contribution is 0.867. The van der Waals surface area contributed by atoms with Crippen LogP contribution in [-0.2, 0) is 19.5 Å². The van der Waals surface area contributed by atoms with E-state index >= 15 is 0 Å². The number of hydrogen-bond donors (Lipinski definition) is 12. The molecule has 4 aromatic carbocycles. The van der Waals surface area contributed by atoms with Crippen LogP contribution in [0.25, 0.3) is 0 Å². The molecule has 0 saturated heterocycles. The molecule has 4 aromatic heterocycles. The number of benzene rings is 4. The summed E-state index contributed by atoms with van der Waals surface area (Å²) in [5, 5.41) is 20.6. The van der Waals surface area contributed by atoms with Crippen LogP contribution < -0.4 is 66.3 Å². The Morgan fingerprint density at radius 1 is 0.405 bits per heavy atom. The molecule has 0 amide bonds. The van der Waals surface area contributed by atoms with Crippen molar-refractivity contribution in [3.63, 3.8) is 0 Å². The number of nitrogens with one attached hydrogen (secondary N) is 6.